The predicted octanol–water partition coefficient (Wildman–Crippen LogP) is 0.190. The number of rotatable bonds is 5. The van der Waals surface area contributed by atoms with Gasteiger partial charge in [-0.3, -0.25) is 9.05 Å². The van der Waals surface area contributed by atoms with Crippen LogP contribution in [-0.2, 0) is 27.2 Å². The van der Waals surface area contributed by atoms with Crippen molar-refractivity contribution in [1.29, 1.82) is 0 Å². The lowest BCUT2D eigenvalue weighted by Gasteiger charge is -2.29. The van der Waals surface area contributed by atoms with Crippen molar-refractivity contribution in [1.82, 2.24) is 10.6 Å². The summed E-state index contributed by atoms with van der Waals surface area (Å²) in [6.07, 6.45) is -1.44. The standard InChI is InChI=1S/C8H16ClN2O6P/c9-17-18(12,15-7-5-10-1-3-13-7)16-8-6-11-2-4-14-8/h7-8,10-11H,1-6H2. The highest BCUT2D eigenvalue weighted by Gasteiger charge is 2.36. The molecule has 0 aromatic carbocycles. The van der Waals surface area contributed by atoms with Crippen LogP contribution < -0.4 is 10.6 Å². The number of morpholine rings is 2. The number of hydrogen-bond acceptors (Lipinski definition) is 8. The molecule has 0 aromatic rings. The normalized spacial score (nSPS) is 32.9. The van der Waals surface area contributed by atoms with Gasteiger partial charge in [-0.05, 0) is 0 Å². The molecule has 106 valence electrons. The monoisotopic (exact) mass is 302 g/mol. The molecule has 2 heterocycles. The van der Waals surface area contributed by atoms with Gasteiger partial charge in [-0.1, -0.05) is 0 Å². The fourth-order valence-corrected chi connectivity index (χ4v) is 2.72. The lowest BCUT2D eigenvalue weighted by molar-refractivity contribution is -0.139. The minimum absolute atomic E-state index is 0.386. The molecule has 0 radical (unpaired) electrons. The van der Waals surface area contributed by atoms with E-state index in [9.17, 15) is 4.57 Å². The number of hydrogen-bond donors (Lipinski definition) is 2. The molecule has 10 heteroatoms. The Hall–Kier alpha value is 0.240. The van der Waals surface area contributed by atoms with E-state index in [2.05, 4.69) is 14.7 Å². The van der Waals surface area contributed by atoms with E-state index in [0.29, 0.717) is 39.4 Å². The van der Waals surface area contributed by atoms with Gasteiger partial charge in [-0.2, -0.15) is 4.08 Å². The summed E-state index contributed by atoms with van der Waals surface area (Å²) in [7, 11) is -3.90. The van der Waals surface area contributed by atoms with Crippen molar-refractivity contribution in [2.75, 3.05) is 39.4 Å². The van der Waals surface area contributed by atoms with Crippen molar-refractivity contribution in [3.8, 4) is 0 Å². The van der Waals surface area contributed by atoms with Gasteiger partial charge in [0, 0.05) is 26.2 Å². The zero-order valence-electron chi connectivity index (χ0n) is 9.67. The Morgan fingerprint density at radius 1 is 1.06 bits per heavy atom. The van der Waals surface area contributed by atoms with Crippen LogP contribution in [0.4, 0.5) is 0 Å². The number of ether oxygens (including phenoxy) is 2. The quantitative estimate of drug-likeness (QED) is 0.696. The van der Waals surface area contributed by atoms with Gasteiger partial charge in [0.2, 0.25) is 0 Å². The summed E-state index contributed by atoms with van der Waals surface area (Å²) >= 11 is 5.18. The second-order valence-electron chi connectivity index (χ2n) is 3.74. The smallest absolute Gasteiger partial charge is 0.349 e. The summed E-state index contributed by atoms with van der Waals surface area (Å²) in [6.45, 7) is 3.10. The number of halogens is 1. The van der Waals surface area contributed by atoms with Crippen LogP contribution in [-0.4, -0.2) is 52.0 Å². The zero-order chi connectivity index (χ0) is 12.8. The zero-order valence-corrected chi connectivity index (χ0v) is 11.3. The first-order valence-electron chi connectivity index (χ1n) is 5.64. The molecule has 0 bridgehead atoms. The SMILES string of the molecule is O=P(OCl)(OC1CNCCO1)OC1CNCCO1. The van der Waals surface area contributed by atoms with Gasteiger partial charge in [0.1, 0.15) is 0 Å². The molecule has 0 aliphatic carbocycles. The van der Waals surface area contributed by atoms with Crippen LogP contribution >= 0.6 is 19.7 Å². The number of nitrogens with one attached hydrogen (secondary N) is 2. The maximum absolute atomic E-state index is 12.1. The molecule has 2 atom stereocenters. The summed E-state index contributed by atoms with van der Waals surface area (Å²) < 4.78 is 37.1. The fourth-order valence-electron chi connectivity index (χ4n) is 1.56. The third-order valence-electron chi connectivity index (χ3n) is 2.37. The molecule has 2 unspecified atom stereocenters. The summed E-state index contributed by atoms with van der Waals surface area (Å²) in [5.74, 6) is 0. The molecule has 2 rings (SSSR count). The summed E-state index contributed by atoms with van der Waals surface area (Å²) in [4.78, 5) is 0. The maximum atomic E-state index is 12.1. The predicted molar refractivity (Wildman–Crippen MR) is 61.9 cm³/mol. The minimum atomic E-state index is -3.90. The van der Waals surface area contributed by atoms with Crippen molar-refractivity contribution in [3.05, 3.63) is 0 Å². The van der Waals surface area contributed by atoms with Crippen molar-refractivity contribution in [2.45, 2.75) is 12.6 Å². The van der Waals surface area contributed by atoms with Gasteiger partial charge in [-0.25, -0.2) is 4.57 Å². The second kappa shape index (κ2) is 7.14. The van der Waals surface area contributed by atoms with Crippen LogP contribution in [0.3, 0.4) is 0 Å². The lowest BCUT2D eigenvalue weighted by atomic mass is 10.5. The summed E-state index contributed by atoms with van der Waals surface area (Å²) in [5, 5.41) is 6.03. The Bertz CT molecular complexity index is 273. The van der Waals surface area contributed by atoms with E-state index in [1.165, 1.54) is 0 Å². The highest BCUT2D eigenvalue weighted by molar-refractivity contribution is 7.49. The van der Waals surface area contributed by atoms with Crippen LogP contribution in [0.5, 0.6) is 0 Å². The molecule has 2 fully saturated rings. The number of phosphoric acid groups is 1. The van der Waals surface area contributed by atoms with Crippen LogP contribution in [0.25, 0.3) is 0 Å². The fraction of sp³-hybridized carbons (Fsp3) is 1.00. The van der Waals surface area contributed by atoms with Crippen LogP contribution in [0.1, 0.15) is 0 Å². The van der Waals surface area contributed by atoms with Crippen LogP contribution in [0.2, 0.25) is 0 Å². The average Bonchev–Trinajstić information content (AvgIpc) is 2.41. The molecule has 2 N–H and O–H groups in total. The molecule has 18 heavy (non-hydrogen) atoms. The Balaban J connectivity index is 1.85. The van der Waals surface area contributed by atoms with Crippen LogP contribution in [0, 0.1) is 0 Å². The molecule has 2 saturated heterocycles. The van der Waals surface area contributed by atoms with E-state index in [-0.39, 0.29) is 0 Å². The summed E-state index contributed by atoms with van der Waals surface area (Å²) in [6, 6.07) is 0. The molecule has 8 nitrogen and oxygen atoms in total. The third kappa shape index (κ3) is 4.41. The van der Waals surface area contributed by atoms with Crippen LogP contribution in [0.15, 0.2) is 0 Å². The van der Waals surface area contributed by atoms with E-state index in [1.54, 1.807) is 0 Å². The average molecular weight is 303 g/mol. The molecule has 0 amide bonds. The molecular formula is C8H16ClN2O6P. The molecular weight excluding hydrogens is 287 g/mol. The van der Waals surface area contributed by atoms with Crippen molar-refractivity contribution in [3.63, 3.8) is 0 Å². The van der Waals surface area contributed by atoms with Crippen molar-refractivity contribution in [2.24, 2.45) is 0 Å². The maximum Gasteiger partial charge on any atom is 0.496 e. The Morgan fingerprint density at radius 2 is 1.56 bits per heavy atom. The van der Waals surface area contributed by atoms with E-state index >= 15 is 0 Å². The highest BCUT2D eigenvalue weighted by Crippen LogP contribution is 2.53. The summed E-state index contributed by atoms with van der Waals surface area (Å²) in [5.41, 5.74) is 0. The third-order valence-corrected chi connectivity index (χ3v) is 4.03. The first-order chi connectivity index (χ1) is 8.72. The first kappa shape index (κ1) is 14.6. The van der Waals surface area contributed by atoms with E-state index in [0.717, 1.165) is 0 Å². The Labute approximate surface area is 110 Å². The second-order valence-corrected chi connectivity index (χ2v) is 5.60. The largest absolute Gasteiger partial charge is 0.496 e. The molecule has 0 saturated carbocycles. The molecule has 2 aliphatic heterocycles. The van der Waals surface area contributed by atoms with E-state index in [4.69, 9.17) is 30.4 Å². The van der Waals surface area contributed by atoms with Gasteiger partial charge in [0.25, 0.3) is 0 Å². The lowest BCUT2D eigenvalue weighted by Crippen LogP contribution is -2.41. The van der Waals surface area contributed by atoms with Crippen molar-refractivity contribution < 1.29 is 27.2 Å². The highest BCUT2D eigenvalue weighted by atomic mass is 35.5. The number of phosphoric ester groups is 1. The Kier molecular flexibility index (Phi) is 5.81. The van der Waals surface area contributed by atoms with Gasteiger partial charge in [0.05, 0.1) is 25.1 Å². The molecule has 0 spiro atoms. The van der Waals surface area contributed by atoms with E-state index in [1.807, 2.05) is 0 Å². The molecule has 2 aliphatic rings. The van der Waals surface area contributed by atoms with Crippen molar-refractivity contribution >= 4 is 19.7 Å². The minimum Gasteiger partial charge on any atom is -0.349 e. The Morgan fingerprint density at radius 3 is 1.89 bits per heavy atom. The molecule has 0 aromatic heterocycles. The van der Waals surface area contributed by atoms with Gasteiger partial charge in [0.15, 0.2) is 12.6 Å². The topological polar surface area (TPSA) is 87.3 Å². The van der Waals surface area contributed by atoms with Gasteiger partial charge in [-0.15, -0.1) is 0 Å². The first-order valence-corrected chi connectivity index (χ1v) is 7.40. The van der Waals surface area contributed by atoms with Gasteiger partial charge >= 0.3 is 7.82 Å². The van der Waals surface area contributed by atoms with E-state index < -0.39 is 20.4 Å². The van der Waals surface area contributed by atoms with Gasteiger partial charge < -0.3 is 20.1 Å².